The molecule has 6 nitrogen and oxygen atoms in total. The largest absolute Gasteiger partial charge is 0.459 e. The van der Waals surface area contributed by atoms with E-state index in [4.69, 9.17) is 4.74 Å². The lowest BCUT2D eigenvalue weighted by atomic mass is 10.1. The highest BCUT2D eigenvalue weighted by Crippen LogP contribution is 2.21. The average molecular weight is 293 g/mol. The number of piperazine rings is 1. The third-order valence-corrected chi connectivity index (χ3v) is 3.60. The van der Waals surface area contributed by atoms with E-state index in [9.17, 15) is 9.59 Å². The molecule has 0 atom stereocenters. The molecular weight excluding hydrogens is 270 g/mol. The standard InChI is InChI=1S/C15H23N3O3/c1-9(2)21-15(20)12-10(3)13(17-11(12)4)14(19)18-7-5-16-6-8-18/h9,16-17H,5-8H2,1-4H3. The first-order valence-electron chi connectivity index (χ1n) is 7.32. The van der Waals surface area contributed by atoms with Gasteiger partial charge in [0.05, 0.1) is 11.7 Å². The predicted octanol–water partition coefficient (Wildman–Crippen LogP) is 1.24. The highest BCUT2D eigenvalue weighted by atomic mass is 16.5. The summed E-state index contributed by atoms with van der Waals surface area (Å²) in [6.45, 7) is 10.2. The van der Waals surface area contributed by atoms with Crippen LogP contribution in [-0.2, 0) is 4.74 Å². The van der Waals surface area contributed by atoms with Gasteiger partial charge >= 0.3 is 5.97 Å². The van der Waals surface area contributed by atoms with Gasteiger partial charge in [-0.15, -0.1) is 0 Å². The molecule has 1 aromatic rings. The number of hydrogen-bond acceptors (Lipinski definition) is 4. The molecule has 0 spiro atoms. The first-order valence-corrected chi connectivity index (χ1v) is 7.32. The zero-order chi connectivity index (χ0) is 15.6. The SMILES string of the molecule is Cc1[nH]c(C(=O)N2CCNCC2)c(C)c1C(=O)OC(C)C. The number of esters is 1. The van der Waals surface area contributed by atoms with Crippen LogP contribution in [0.1, 0.15) is 46.0 Å². The molecular formula is C15H23N3O3. The molecule has 2 heterocycles. The fraction of sp³-hybridized carbons (Fsp3) is 0.600. The van der Waals surface area contributed by atoms with Gasteiger partial charge in [0.2, 0.25) is 0 Å². The fourth-order valence-corrected chi connectivity index (χ4v) is 2.57. The number of amides is 1. The van der Waals surface area contributed by atoms with Gasteiger partial charge in [-0.3, -0.25) is 4.79 Å². The zero-order valence-corrected chi connectivity index (χ0v) is 13.1. The van der Waals surface area contributed by atoms with E-state index < -0.39 is 0 Å². The summed E-state index contributed by atoms with van der Waals surface area (Å²) in [6.07, 6.45) is -0.182. The fourth-order valence-electron chi connectivity index (χ4n) is 2.57. The molecule has 0 aliphatic carbocycles. The van der Waals surface area contributed by atoms with Gasteiger partial charge in [-0.25, -0.2) is 4.79 Å². The number of rotatable bonds is 3. The Labute approximate surface area is 124 Å². The second-order valence-electron chi connectivity index (χ2n) is 5.62. The molecule has 1 aliphatic rings. The van der Waals surface area contributed by atoms with Gasteiger partial charge in [-0.05, 0) is 33.3 Å². The van der Waals surface area contributed by atoms with Gasteiger partial charge in [-0.2, -0.15) is 0 Å². The predicted molar refractivity (Wildman–Crippen MR) is 79.6 cm³/mol. The Kier molecular flexibility index (Phi) is 4.67. The lowest BCUT2D eigenvalue weighted by molar-refractivity contribution is 0.0376. The summed E-state index contributed by atoms with van der Waals surface area (Å²) >= 11 is 0. The van der Waals surface area contributed by atoms with Crippen molar-refractivity contribution >= 4 is 11.9 Å². The van der Waals surface area contributed by atoms with E-state index in [-0.39, 0.29) is 18.0 Å². The van der Waals surface area contributed by atoms with Crippen molar-refractivity contribution in [3.8, 4) is 0 Å². The minimum atomic E-state index is -0.379. The zero-order valence-electron chi connectivity index (χ0n) is 13.1. The molecule has 1 aliphatic heterocycles. The van der Waals surface area contributed by atoms with E-state index in [1.54, 1.807) is 18.7 Å². The van der Waals surface area contributed by atoms with Crippen LogP contribution >= 0.6 is 0 Å². The van der Waals surface area contributed by atoms with Crippen molar-refractivity contribution in [1.29, 1.82) is 0 Å². The summed E-state index contributed by atoms with van der Waals surface area (Å²) in [4.78, 5) is 29.5. The normalized spacial score (nSPS) is 15.4. The molecule has 0 radical (unpaired) electrons. The van der Waals surface area contributed by atoms with E-state index >= 15 is 0 Å². The molecule has 0 unspecified atom stereocenters. The van der Waals surface area contributed by atoms with Gasteiger partial charge in [0.25, 0.3) is 5.91 Å². The Hall–Kier alpha value is -1.82. The van der Waals surface area contributed by atoms with E-state index in [1.807, 2.05) is 13.8 Å². The quantitative estimate of drug-likeness (QED) is 0.822. The van der Waals surface area contributed by atoms with Crippen molar-refractivity contribution in [1.82, 2.24) is 15.2 Å². The van der Waals surface area contributed by atoms with Crippen LogP contribution in [0.4, 0.5) is 0 Å². The van der Waals surface area contributed by atoms with Crippen LogP contribution in [0.3, 0.4) is 0 Å². The number of carbonyl (C=O) groups excluding carboxylic acids is 2. The number of hydrogen-bond donors (Lipinski definition) is 2. The molecule has 1 saturated heterocycles. The maximum Gasteiger partial charge on any atom is 0.340 e. The van der Waals surface area contributed by atoms with Crippen LogP contribution in [0, 0.1) is 13.8 Å². The first-order chi connectivity index (χ1) is 9.91. The maximum absolute atomic E-state index is 12.5. The summed E-state index contributed by atoms with van der Waals surface area (Å²) in [5.41, 5.74) is 2.31. The van der Waals surface area contributed by atoms with Crippen LogP contribution in [0.25, 0.3) is 0 Å². The van der Waals surface area contributed by atoms with Crippen LogP contribution in [0.5, 0.6) is 0 Å². The van der Waals surface area contributed by atoms with Crippen LogP contribution in [-0.4, -0.2) is 54.0 Å². The van der Waals surface area contributed by atoms with E-state index in [0.29, 0.717) is 35.6 Å². The molecule has 1 fully saturated rings. The molecule has 2 rings (SSSR count). The van der Waals surface area contributed by atoms with E-state index in [1.165, 1.54) is 0 Å². The number of nitrogens with zero attached hydrogens (tertiary/aromatic N) is 1. The molecule has 21 heavy (non-hydrogen) atoms. The van der Waals surface area contributed by atoms with Crippen molar-refractivity contribution in [2.45, 2.75) is 33.8 Å². The van der Waals surface area contributed by atoms with Gasteiger partial charge in [0.1, 0.15) is 5.69 Å². The molecule has 2 N–H and O–H groups in total. The Morgan fingerprint density at radius 3 is 2.38 bits per heavy atom. The molecule has 0 bridgehead atoms. The Bertz CT molecular complexity index is 543. The average Bonchev–Trinajstić information content (AvgIpc) is 2.73. The Morgan fingerprint density at radius 1 is 1.19 bits per heavy atom. The van der Waals surface area contributed by atoms with Crippen molar-refractivity contribution in [2.75, 3.05) is 26.2 Å². The Morgan fingerprint density at radius 2 is 1.81 bits per heavy atom. The van der Waals surface area contributed by atoms with Crippen molar-refractivity contribution in [3.63, 3.8) is 0 Å². The summed E-state index contributed by atoms with van der Waals surface area (Å²) in [5.74, 6) is -0.434. The maximum atomic E-state index is 12.5. The topological polar surface area (TPSA) is 74.4 Å². The summed E-state index contributed by atoms with van der Waals surface area (Å²) in [6, 6.07) is 0. The Balaban J connectivity index is 2.25. The van der Waals surface area contributed by atoms with Crippen LogP contribution < -0.4 is 5.32 Å². The number of aromatic amines is 1. The number of aromatic nitrogens is 1. The summed E-state index contributed by atoms with van der Waals surface area (Å²) < 4.78 is 5.24. The lowest BCUT2D eigenvalue weighted by Gasteiger charge is -2.27. The summed E-state index contributed by atoms with van der Waals surface area (Å²) in [5, 5.41) is 3.21. The smallest absolute Gasteiger partial charge is 0.340 e. The monoisotopic (exact) mass is 293 g/mol. The minimum absolute atomic E-state index is 0.0549. The van der Waals surface area contributed by atoms with Gasteiger partial charge in [-0.1, -0.05) is 0 Å². The molecule has 0 saturated carbocycles. The van der Waals surface area contributed by atoms with Gasteiger partial charge < -0.3 is 19.9 Å². The second-order valence-corrected chi connectivity index (χ2v) is 5.62. The highest BCUT2D eigenvalue weighted by Gasteiger charge is 2.26. The molecule has 1 amide bonds. The van der Waals surface area contributed by atoms with Crippen molar-refractivity contribution in [2.24, 2.45) is 0 Å². The minimum Gasteiger partial charge on any atom is -0.459 e. The number of carbonyl (C=O) groups is 2. The van der Waals surface area contributed by atoms with E-state index in [0.717, 1.165) is 13.1 Å². The molecule has 116 valence electrons. The number of aryl methyl sites for hydroxylation is 1. The second kappa shape index (κ2) is 6.30. The number of ether oxygens (including phenoxy) is 1. The first kappa shape index (κ1) is 15.6. The molecule has 1 aromatic heterocycles. The van der Waals surface area contributed by atoms with Gasteiger partial charge in [0.15, 0.2) is 0 Å². The lowest BCUT2D eigenvalue weighted by Crippen LogP contribution is -2.46. The molecule has 6 heteroatoms. The van der Waals surface area contributed by atoms with Crippen molar-refractivity contribution in [3.05, 3.63) is 22.5 Å². The van der Waals surface area contributed by atoms with Gasteiger partial charge in [0, 0.05) is 31.9 Å². The number of nitrogens with one attached hydrogen (secondary N) is 2. The van der Waals surface area contributed by atoms with Crippen LogP contribution in [0.15, 0.2) is 0 Å². The van der Waals surface area contributed by atoms with Crippen molar-refractivity contribution < 1.29 is 14.3 Å². The third-order valence-electron chi connectivity index (χ3n) is 3.60. The summed E-state index contributed by atoms with van der Waals surface area (Å²) in [7, 11) is 0. The number of H-pyrrole nitrogens is 1. The molecule has 0 aromatic carbocycles. The highest BCUT2D eigenvalue weighted by molar-refractivity contribution is 6.00. The van der Waals surface area contributed by atoms with Crippen LogP contribution in [0.2, 0.25) is 0 Å². The van der Waals surface area contributed by atoms with E-state index in [2.05, 4.69) is 10.3 Å². The third kappa shape index (κ3) is 3.26.